The number of ketones is 1. The number of pyridine rings is 1. The average molecular weight is 569 g/mol. The minimum Gasteiger partial charge on any atom is -0.483 e. The van der Waals surface area contributed by atoms with Gasteiger partial charge in [-0.05, 0) is 30.2 Å². The predicted molar refractivity (Wildman–Crippen MR) is 131 cm³/mol. The molecule has 1 heterocycles. The van der Waals surface area contributed by atoms with Crippen molar-refractivity contribution in [2.45, 2.75) is 32.1 Å². The van der Waals surface area contributed by atoms with Gasteiger partial charge in [0, 0.05) is 29.1 Å². The molecule has 0 aliphatic heterocycles. The van der Waals surface area contributed by atoms with E-state index in [0.717, 1.165) is 12.1 Å². The highest BCUT2D eigenvalue weighted by molar-refractivity contribution is 6.12. The average Bonchev–Trinajstić information content (AvgIpc) is 2.87. The van der Waals surface area contributed by atoms with Crippen molar-refractivity contribution in [2.75, 3.05) is 17.2 Å². The summed E-state index contributed by atoms with van der Waals surface area (Å²) < 4.78 is 82.5. The smallest absolute Gasteiger partial charge is 0.422 e. The highest BCUT2D eigenvalue weighted by Gasteiger charge is 2.37. The number of rotatable bonds is 9. The number of nitrogens with one attached hydrogen (secondary N) is 2. The van der Waals surface area contributed by atoms with Gasteiger partial charge in [-0.3, -0.25) is 19.9 Å². The molecule has 0 saturated heterocycles. The fourth-order valence-corrected chi connectivity index (χ4v) is 3.52. The van der Waals surface area contributed by atoms with Crippen LogP contribution in [0.5, 0.6) is 5.75 Å². The normalized spacial score (nSPS) is 11.6. The molecule has 0 saturated carbocycles. The molecule has 8 nitrogen and oxygen atoms in total. The molecular weight excluding hydrogens is 548 g/mol. The van der Waals surface area contributed by atoms with Crippen LogP contribution in [0.2, 0.25) is 0 Å². The summed E-state index contributed by atoms with van der Waals surface area (Å²) in [5, 5.41) is 12.7. The quantitative estimate of drug-likeness (QED) is 0.152. The number of nitrogens with zero attached hydrogens (tertiary/aromatic N) is 1. The molecule has 0 fully saturated rings. The van der Waals surface area contributed by atoms with E-state index in [2.05, 4.69) is 9.72 Å². The van der Waals surface area contributed by atoms with Gasteiger partial charge in [-0.15, -0.1) is 0 Å². The van der Waals surface area contributed by atoms with Crippen LogP contribution in [-0.2, 0) is 17.4 Å². The van der Waals surface area contributed by atoms with Crippen LogP contribution in [0.15, 0.2) is 54.7 Å². The van der Waals surface area contributed by atoms with Crippen LogP contribution in [-0.4, -0.2) is 40.7 Å². The van der Waals surface area contributed by atoms with Gasteiger partial charge < -0.3 is 15.2 Å². The van der Waals surface area contributed by atoms with Gasteiger partial charge in [0.1, 0.15) is 5.75 Å². The lowest BCUT2D eigenvalue weighted by atomic mass is 10.0. The van der Waals surface area contributed by atoms with E-state index in [1.54, 1.807) is 29.7 Å². The summed E-state index contributed by atoms with van der Waals surface area (Å²) in [6, 6.07) is 10.4. The summed E-state index contributed by atoms with van der Waals surface area (Å²) in [6.45, 7) is -0.145. The molecule has 1 aromatic heterocycles. The van der Waals surface area contributed by atoms with E-state index in [-0.39, 0.29) is 11.6 Å². The van der Waals surface area contributed by atoms with Crippen molar-refractivity contribution in [1.82, 2.24) is 4.98 Å². The second-order valence-electron chi connectivity index (χ2n) is 8.35. The molecule has 3 rings (SSSR count). The lowest BCUT2D eigenvalue weighted by Gasteiger charge is -2.19. The molecule has 0 atom stereocenters. The summed E-state index contributed by atoms with van der Waals surface area (Å²) >= 11 is 0. The maximum Gasteiger partial charge on any atom is 0.422 e. The number of carbonyl (C=O) groups is 3. The zero-order valence-electron chi connectivity index (χ0n) is 20.6. The second kappa shape index (κ2) is 12.1. The highest BCUT2D eigenvalue weighted by Crippen LogP contribution is 2.42. The standard InChI is InChI=1S/C26H21F6N3O5/c1-2-17-7-6-16(12-33-17)14-4-3-5-15(8-14)21(36)11-23(37)34-19-9-18(26(30,31)32)22(40-13-25(27,28)29)10-20(19)35-24(38)39/h3-10,12,35H,2,11,13H2,1H3,(H,34,37)(H,38,39). The Hall–Kier alpha value is -4.62. The highest BCUT2D eigenvalue weighted by atomic mass is 19.4. The maximum atomic E-state index is 13.6. The monoisotopic (exact) mass is 569 g/mol. The minimum absolute atomic E-state index is 0.114. The first-order chi connectivity index (χ1) is 18.7. The minimum atomic E-state index is -5.23. The van der Waals surface area contributed by atoms with Gasteiger partial charge in [-0.1, -0.05) is 31.2 Å². The second-order valence-corrected chi connectivity index (χ2v) is 8.35. The third kappa shape index (κ3) is 8.19. The number of carbonyl (C=O) groups excluding carboxylic acids is 2. The maximum absolute atomic E-state index is 13.6. The van der Waals surface area contributed by atoms with Crippen molar-refractivity contribution in [1.29, 1.82) is 0 Å². The van der Waals surface area contributed by atoms with Crippen molar-refractivity contribution in [3.8, 4) is 16.9 Å². The van der Waals surface area contributed by atoms with Crippen molar-refractivity contribution >= 4 is 29.2 Å². The number of anilines is 2. The Bertz CT molecular complexity index is 1410. The van der Waals surface area contributed by atoms with Crippen LogP contribution in [0.4, 0.5) is 42.5 Å². The van der Waals surface area contributed by atoms with Gasteiger partial charge in [-0.2, -0.15) is 26.3 Å². The van der Waals surface area contributed by atoms with Gasteiger partial charge in [0.25, 0.3) is 0 Å². The summed E-state index contributed by atoms with van der Waals surface area (Å²) in [4.78, 5) is 40.8. The summed E-state index contributed by atoms with van der Waals surface area (Å²) in [5.74, 6) is -3.12. The van der Waals surface area contributed by atoms with E-state index in [4.69, 9.17) is 5.11 Å². The fraction of sp³-hybridized carbons (Fsp3) is 0.231. The number of aryl methyl sites for hydroxylation is 1. The first-order valence-corrected chi connectivity index (χ1v) is 11.5. The summed E-state index contributed by atoms with van der Waals surface area (Å²) in [6.07, 6.45) is -10.5. The van der Waals surface area contributed by atoms with Gasteiger partial charge in [0.15, 0.2) is 12.4 Å². The van der Waals surface area contributed by atoms with Crippen LogP contribution < -0.4 is 15.4 Å². The first kappa shape index (κ1) is 29.9. The molecule has 3 N–H and O–H groups in total. The molecule has 2 amide bonds. The van der Waals surface area contributed by atoms with Crippen LogP contribution in [0.3, 0.4) is 0 Å². The van der Waals surface area contributed by atoms with Gasteiger partial charge in [0.05, 0.1) is 23.4 Å². The molecule has 0 spiro atoms. The van der Waals surface area contributed by atoms with E-state index in [9.17, 15) is 40.7 Å². The molecule has 0 unspecified atom stereocenters. The van der Waals surface area contributed by atoms with E-state index in [1.165, 1.54) is 12.1 Å². The van der Waals surface area contributed by atoms with E-state index >= 15 is 0 Å². The summed E-state index contributed by atoms with van der Waals surface area (Å²) in [7, 11) is 0. The predicted octanol–water partition coefficient (Wildman–Crippen LogP) is 6.57. The molecule has 3 aromatic rings. The number of carboxylic acid groups (broad SMARTS) is 1. The molecule has 0 aliphatic rings. The molecule has 40 heavy (non-hydrogen) atoms. The van der Waals surface area contributed by atoms with Crippen LogP contribution >= 0.6 is 0 Å². The Balaban J connectivity index is 1.85. The van der Waals surface area contributed by atoms with Gasteiger partial charge >= 0.3 is 18.4 Å². The van der Waals surface area contributed by atoms with Crippen molar-refractivity contribution in [3.05, 3.63) is 71.5 Å². The SMILES string of the molecule is CCc1ccc(-c2cccc(C(=O)CC(=O)Nc3cc(C(F)(F)F)c(OCC(F)(F)F)cc3NC(=O)O)c2)cn1. The number of aromatic nitrogens is 1. The van der Waals surface area contributed by atoms with E-state index < -0.39 is 65.9 Å². The topological polar surface area (TPSA) is 118 Å². The van der Waals surface area contributed by atoms with E-state index in [0.29, 0.717) is 17.2 Å². The van der Waals surface area contributed by atoms with Gasteiger partial charge in [0.2, 0.25) is 5.91 Å². The molecule has 0 radical (unpaired) electrons. The zero-order valence-corrected chi connectivity index (χ0v) is 20.6. The zero-order chi connectivity index (χ0) is 29.7. The number of hydrogen-bond donors (Lipinski definition) is 3. The Kier molecular flexibility index (Phi) is 9.02. The third-order valence-electron chi connectivity index (χ3n) is 5.36. The van der Waals surface area contributed by atoms with E-state index in [1.807, 2.05) is 18.3 Å². The van der Waals surface area contributed by atoms with Crippen LogP contribution in [0, 0.1) is 0 Å². The number of halogens is 6. The summed E-state index contributed by atoms with van der Waals surface area (Å²) in [5.41, 5.74) is -0.858. The molecule has 0 aliphatic carbocycles. The lowest BCUT2D eigenvalue weighted by molar-refractivity contribution is -0.158. The largest absolute Gasteiger partial charge is 0.483 e. The number of hydrogen-bond acceptors (Lipinski definition) is 5. The molecule has 2 aromatic carbocycles. The molecule has 14 heteroatoms. The van der Waals surface area contributed by atoms with Crippen molar-refractivity contribution in [2.24, 2.45) is 0 Å². The fourth-order valence-electron chi connectivity index (χ4n) is 3.52. The lowest BCUT2D eigenvalue weighted by Crippen LogP contribution is -2.22. The number of Topliss-reactive ketones (excluding diaryl/α,β-unsaturated/α-hetero) is 1. The molecule has 0 bridgehead atoms. The Morgan fingerprint density at radius 1 is 0.925 bits per heavy atom. The first-order valence-electron chi connectivity index (χ1n) is 11.5. The van der Waals surface area contributed by atoms with Crippen LogP contribution in [0.25, 0.3) is 11.1 Å². The number of amides is 2. The number of benzene rings is 2. The number of alkyl halides is 6. The molecule has 212 valence electrons. The Morgan fingerprint density at radius 3 is 2.20 bits per heavy atom. The molecular formula is C26H21F6N3O5. The third-order valence-corrected chi connectivity index (χ3v) is 5.36. The van der Waals surface area contributed by atoms with Crippen LogP contribution in [0.1, 0.15) is 35.0 Å². The van der Waals surface area contributed by atoms with Crippen molar-refractivity contribution in [3.63, 3.8) is 0 Å². The Labute approximate surface area is 223 Å². The Morgan fingerprint density at radius 2 is 1.62 bits per heavy atom. The number of ether oxygens (including phenoxy) is 1. The van der Waals surface area contributed by atoms with Gasteiger partial charge in [-0.25, -0.2) is 4.79 Å². The van der Waals surface area contributed by atoms with Crippen molar-refractivity contribution < 1.29 is 50.6 Å².